The first-order valence-corrected chi connectivity index (χ1v) is 6.69. The van der Waals surface area contributed by atoms with Gasteiger partial charge in [-0.25, -0.2) is 0 Å². The lowest BCUT2D eigenvalue weighted by molar-refractivity contribution is 0.0742. The number of likely N-dealkylation sites (tertiary alicyclic amines) is 1. The molecule has 1 fully saturated rings. The molecule has 1 aliphatic heterocycles. The number of carbonyl (C=O) groups is 1. The maximum Gasteiger partial charge on any atom is 0.254 e. The molecule has 3 nitrogen and oxygen atoms in total. The molecule has 2 rings (SSSR count). The van der Waals surface area contributed by atoms with E-state index in [0.29, 0.717) is 10.6 Å². The Hall–Kier alpha value is -0.580. The molecule has 0 radical (unpaired) electrons. The topological polar surface area (TPSA) is 46.3 Å². The van der Waals surface area contributed by atoms with E-state index < -0.39 is 0 Å². The van der Waals surface area contributed by atoms with Crippen LogP contribution in [0.1, 0.15) is 23.7 Å². The Bertz CT molecular complexity index is 452. The number of halogens is 2. The van der Waals surface area contributed by atoms with Crippen molar-refractivity contribution in [1.82, 2.24) is 4.90 Å². The normalized spacial score (nSPS) is 24.1. The molecule has 2 atom stereocenters. The molecule has 2 unspecified atom stereocenters. The number of rotatable bonds is 1. The zero-order chi connectivity index (χ0) is 12.6. The minimum absolute atomic E-state index is 0.0165. The van der Waals surface area contributed by atoms with Crippen LogP contribution < -0.4 is 5.73 Å². The Kier molecular flexibility index (Phi) is 3.76. The zero-order valence-electron chi connectivity index (χ0n) is 9.49. The van der Waals surface area contributed by atoms with Gasteiger partial charge in [0.05, 0.1) is 5.02 Å². The van der Waals surface area contributed by atoms with Crippen LogP contribution in [0.5, 0.6) is 0 Å². The molecule has 2 N–H and O–H groups in total. The van der Waals surface area contributed by atoms with Crippen LogP contribution in [0, 0.1) is 0 Å². The molecule has 1 aromatic rings. The highest BCUT2D eigenvalue weighted by Gasteiger charge is 2.31. The Morgan fingerprint density at radius 2 is 2.29 bits per heavy atom. The highest BCUT2D eigenvalue weighted by molar-refractivity contribution is 9.10. The van der Waals surface area contributed by atoms with E-state index in [2.05, 4.69) is 15.9 Å². The largest absolute Gasteiger partial charge is 0.334 e. The van der Waals surface area contributed by atoms with Crippen molar-refractivity contribution in [2.24, 2.45) is 5.73 Å². The summed E-state index contributed by atoms with van der Waals surface area (Å²) in [6, 6.07) is 5.39. The van der Waals surface area contributed by atoms with E-state index >= 15 is 0 Å². The van der Waals surface area contributed by atoms with Gasteiger partial charge in [-0.2, -0.15) is 0 Å². The van der Waals surface area contributed by atoms with Gasteiger partial charge in [-0.05, 0) is 47.5 Å². The first kappa shape index (κ1) is 12.9. The van der Waals surface area contributed by atoms with Gasteiger partial charge in [-0.1, -0.05) is 11.6 Å². The summed E-state index contributed by atoms with van der Waals surface area (Å²) in [6.07, 6.45) is 0.863. The lowest BCUT2D eigenvalue weighted by Gasteiger charge is -2.23. The van der Waals surface area contributed by atoms with Crippen molar-refractivity contribution in [2.75, 3.05) is 6.54 Å². The molecule has 1 aliphatic rings. The lowest BCUT2D eigenvalue weighted by atomic mass is 10.1. The summed E-state index contributed by atoms with van der Waals surface area (Å²) in [5.74, 6) is 0.0165. The predicted molar refractivity (Wildman–Crippen MR) is 72.2 cm³/mol. The van der Waals surface area contributed by atoms with Gasteiger partial charge in [0, 0.05) is 28.7 Å². The van der Waals surface area contributed by atoms with E-state index in [0.717, 1.165) is 17.4 Å². The third kappa shape index (κ3) is 2.49. The van der Waals surface area contributed by atoms with Gasteiger partial charge in [-0.15, -0.1) is 0 Å². The van der Waals surface area contributed by atoms with Crippen LogP contribution in [0.25, 0.3) is 0 Å². The molecule has 0 bridgehead atoms. The van der Waals surface area contributed by atoms with E-state index in [9.17, 15) is 4.79 Å². The fourth-order valence-corrected chi connectivity index (χ4v) is 2.54. The van der Waals surface area contributed by atoms with Gasteiger partial charge in [-0.3, -0.25) is 4.79 Å². The summed E-state index contributed by atoms with van der Waals surface area (Å²) in [6.45, 7) is 2.71. The number of hydrogen-bond acceptors (Lipinski definition) is 2. The van der Waals surface area contributed by atoms with Crippen LogP contribution in [0.15, 0.2) is 22.7 Å². The fraction of sp³-hybridized carbons (Fsp3) is 0.417. The van der Waals surface area contributed by atoms with Gasteiger partial charge in [0.15, 0.2) is 0 Å². The highest BCUT2D eigenvalue weighted by Crippen LogP contribution is 2.25. The summed E-state index contributed by atoms with van der Waals surface area (Å²) in [7, 11) is 0. The van der Waals surface area contributed by atoms with E-state index in [4.69, 9.17) is 17.3 Å². The molecule has 0 saturated carbocycles. The molecule has 1 aromatic carbocycles. The van der Waals surface area contributed by atoms with Gasteiger partial charge in [0.1, 0.15) is 0 Å². The molecule has 5 heteroatoms. The minimum atomic E-state index is 0.0165. The van der Waals surface area contributed by atoms with Crippen molar-refractivity contribution in [1.29, 1.82) is 0 Å². The maximum absolute atomic E-state index is 12.3. The van der Waals surface area contributed by atoms with Crippen molar-refractivity contribution in [2.45, 2.75) is 25.4 Å². The standard InChI is InChI=1S/C12H14BrClN2O/c1-7-11(15)4-5-16(7)12(17)8-2-3-10(14)9(13)6-8/h2-3,6-7,11H,4-5,15H2,1H3. The van der Waals surface area contributed by atoms with Crippen molar-refractivity contribution in [3.63, 3.8) is 0 Å². The smallest absolute Gasteiger partial charge is 0.254 e. The summed E-state index contributed by atoms with van der Waals surface area (Å²) in [5, 5.41) is 0.604. The van der Waals surface area contributed by atoms with Crippen LogP contribution >= 0.6 is 27.5 Å². The molecular formula is C12H14BrClN2O. The number of carbonyl (C=O) groups excluding carboxylic acids is 1. The number of hydrogen-bond donors (Lipinski definition) is 1. The second-order valence-corrected chi connectivity index (χ2v) is 5.58. The minimum Gasteiger partial charge on any atom is -0.334 e. The van der Waals surface area contributed by atoms with Crippen LogP contribution in [-0.2, 0) is 0 Å². The Labute approximate surface area is 114 Å². The van der Waals surface area contributed by atoms with Crippen LogP contribution in [0.3, 0.4) is 0 Å². The molecule has 0 aliphatic carbocycles. The first-order chi connectivity index (χ1) is 8.00. The lowest BCUT2D eigenvalue weighted by Crippen LogP contribution is -2.40. The molecule has 0 spiro atoms. The number of nitrogens with zero attached hydrogens (tertiary/aromatic N) is 1. The van der Waals surface area contributed by atoms with Gasteiger partial charge >= 0.3 is 0 Å². The SMILES string of the molecule is CC1C(N)CCN1C(=O)c1ccc(Cl)c(Br)c1. The maximum atomic E-state index is 12.3. The number of benzene rings is 1. The number of nitrogens with two attached hydrogens (primary N) is 1. The van der Waals surface area contributed by atoms with Crippen LogP contribution in [0.2, 0.25) is 5.02 Å². The Morgan fingerprint density at radius 3 is 2.82 bits per heavy atom. The Morgan fingerprint density at radius 1 is 1.59 bits per heavy atom. The van der Waals surface area contributed by atoms with Crippen molar-refractivity contribution >= 4 is 33.4 Å². The molecule has 1 amide bonds. The predicted octanol–water partition coefficient (Wildman–Crippen LogP) is 2.66. The summed E-state index contributed by atoms with van der Waals surface area (Å²) < 4.78 is 0.737. The van der Waals surface area contributed by atoms with Crippen LogP contribution in [-0.4, -0.2) is 29.4 Å². The number of amides is 1. The average Bonchev–Trinajstić information content (AvgIpc) is 2.63. The second kappa shape index (κ2) is 4.96. The summed E-state index contributed by atoms with van der Waals surface area (Å²) in [5.41, 5.74) is 6.56. The molecule has 17 heavy (non-hydrogen) atoms. The van der Waals surface area contributed by atoms with Crippen molar-refractivity contribution in [3.05, 3.63) is 33.3 Å². The van der Waals surface area contributed by atoms with Gasteiger partial charge in [0.2, 0.25) is 0 Å². The second-order valence-electron chi connectivity index (χ2n) is 4.32. The quantitative estimate of drug-likeness (QED) is 0.865. The fourth-order valence-electron chi connectivity index (χ4n) is 2.05. The molecule has 92 valence electrons. The van der Waals surface area contributed by atoms with E-state index in [1.54, 1.807) is 18.2 Å². The monoisotopic (exact) mass is 316 g/mol. The first-order valence-electron chi connectivity index (χ1n) is 5.52. The summed E-state index contributed by atoms with van der Waals surface area (Å²) in [4.78, 5) is 14.1. The molecule has 0 aromatic heterocycles. The molecule has 1 heterocycles. The molecular weight excluding hydrogens is 304 g/mol. The van der Waals surface area contributed by atoms with Crippen molar-refractivity contribution in [3.8, 4) is 0 Å². The Balaban J connectivity index is 2.22. The average molecular weight is 318 g/mol. The van der Waals surface area contributed by atoms with E-state index in [1.807, 2.05) is 11.8 Å². The van der Waals surface area contributed by atoms with Crippen molar-refractivity contribution < 1.29 is 4.79 Å². The molecule has 1 saturated heterocycles. The van der Waals surface area contributed by atoms with E-state index in [1.165, 1.54) is 0 Å². The third-order valence-corrected chi connectivity index (χ3v) is 4.46. The zero-order valence-corrected chi connectivity index (χ0v) is 11.8. The van der Waals surface area contributed by atoms with Gasteiger partial charge < -0.3 is 10.6 Å². The van der Waals surface area contributed by atoms with Crippen LogP contribution in [0.4, 0.5) is 0 Å². The van der Waals surface area contributed by atoms with E-state index in [-0.39, 0.29) is 18.0 Å². The third-order valence-electron chi connectivity index (χ3n) is 3.24. The van der Waals surface area contributed by atoms with Gasteiger partial charge in [0.25, 0.3) is 5.91 Å². The summed E-state index contributed by atoms with van der Waals surface area (Å²) >= 11 is 9.23. The highest BCUT2D eigenvalue weighted by atomic mass is 79.9.